The minimum atomic E-state index is -3.36. The molecule has 2 aromatic carbocycles. The highest BCUT2D eigenvalue weighted by molar-refractivity contribution is 7.92. The first-order valence-corrected chi connectivity index (χ1v) is 9.94. The second-order valence-electron chi connectivity index (χ2n) is 6.28. The fraction of sp³-hybridized carbons (Fsp3) is 0.316. The maximum absolute atomic E-state index is 13.1. The number of sulfonamides is 1. The highest BCUT2D eigenvalue weighted by Crippen LogP contribution is 2.33. The molecule has 0 fully saturated rings. The summed E-state index contributed by atoms with van der Waals surface area (Å²) < 4.78 is 25.4. The first-order valence-electron chi connectivity index (χ1n) is 8.33. The van der Waals surface area contributed by atoms with Gasteiger partial charge in [-0.1, -0.05) is 24.3 Å². The molecule has 1 amide bonds. The van der Waals surface area contributed by atoms with Crippen molar-refractivity contribution < 1.29 is 13.2 Å². The van der Waals surface area contributed by atoms with Crippen LogP contribution in [0.5, 0.6) is 0 Å². The van der Waals surface area contributed by atoms with Crippen molar-refractivity contribution in [2.24, 2.45) is 0 Å². The molecule has 2 aromatic rings. The lowest BCUT2D eigenvalue weighted by Gasteiger charge is -2.24. The van der Waals surface area contributed by atoms with E-state index in [1.165, 1.54) is 11.4 Å². The minimum absolute atomic E-state index is 0.0121. The van der Waals surface area contributed by atoms with Crippen molar-refractivity contribution in [1.29, 1.82) is 0 Å². The molecule has 0 spiro atoms. The summed E-state index contributed by atoms with van der Waals surface area (Å²) in [5.41, 5.74) is 3.07. The van der Waals surface area contributed by atoms with E-state index in [1.807, 2.05) is 31.2 Å². The van der Waals surface area contributed by atoms with Crippen molar-refractivity contribution in [3.8, 4) is 0 Å². The second kappa shape index (κ2) is 6.52. The molecule has 0 saturated heterocycles. The standard InChI is InChI=1S/C19H22N2O3S/c1-4-25(23,24)20(3)17-10-7-9-16(13-17)19(22)21-14(2)12-15-8-5-6-11-18(15)21/h5-11,13-14H,4,12H2,1-3H3. The molecular formula is C19H22N2O3S. The number of nitrogens with zero attached hydrogens (tertiary/aromatic N) is 2. The summed E-state index contributed by atoms with van der Waals surface area (Å²) in [5.74, 6) is -0.0975. The minimum Gasteiger partial charge on any atom is -0.305 e. The van der Waals surface area contributed by atoms with Crippen LogP contribution in [-0.2, 0) is 16.4 Å². The van der Waals surface area contributed by atoms with E-state index in [-0.39, 0.29) is 17.7 Å². The Balaban J connectivity index is 1.95. The third-order valence-electron chi connectivity index (χ3n) is 4.66. The molecule has 3 rings (SSSR count). The topological polar surface area (TPSA) is 57.7 Å². The van der Waals surface area contributed by atoms with Crippen LogP contribution in [0.1, 0.15) is 29.8 Å². The smallest absolute Gasteiger partial charge is 0.258 e. The van der Waals surface area contributed by atoms with Crippen LogP contribution < -0.4 is 9.21 Å². The number of rotatable bonds is 4. The zero-order valence-corrected chi connectivity index (χ0v) is 15.5. The molecule has 0 radical (unpaired) electrons. The molecule has 6 heteroatoms. The van der Waals surface area contributed by atoms with Gasteiger partial charge in [-0.25, -0.2) is 8.42 Å². The first-order chi connectivity index (χ1) is 11.8. The Morgan fingerprint density at radius 1 is 1.20 bits per heavy atom. The van der Waals surface area contributed by atoms with Gasteiger partial charge in [0.05, 0.1) is 11.4 Å². The molecule has 0 aliphatic carbocycles. The van der Waals surface area contributed by atoms with Gasteiger partial charge in [0.25, 0.3) is 5.91 Å². The van der Waals surface area contributed by atoms with Gasteiger partial charge in [0, 0.05) is 24.3 Å². The zero-order valence-electron chi connectivity index (χ0n) is 14.6. The number of carbonyl (C=O) groups excluding carboxylic acids is 1. The summed E-state index contributed by atoms with van der Waals surface area (Å²) >= 11 is 0. The monoisotopic (exact) mass is 358 g/mol. The molecule has 25 heavy (non-hydrogen) atoms. The summed E-state index contributed by atoms with van der Waals surface area (Å²) in [4.78, 5) is 14.9. The summed E-state index contributed by atoms with van der Waals surface area (Å²) in [5, 5.41) is 0. The van der Waals surface area contributed by atoms with Crippen LogP contribution in [0.15, 0.2) is 48.5 Å². The van der Waals surface area contributed by atoms with E-state index in [0.717, 1.165) is 17.7 Å². The predicted molar refractivity (Wildman–Crippen MR) is 101 cm³/mol. The molecule has 132 valence electrons. The summed E-state index contributed by atoms with van der Waals surface area (Å²) in [7, 11) is -1.85. The number of hydrogen-bond donors (Lipinski definition) is 0. The molecule has 1 aliphatic rings. The highest BCUT2D eigenvalue weighted by atomic mass is 32.2. The summed E-state index contributed by atoms with van der Waals surface area (Å²) in [6.07, 6.45) is 0.825. The van der Waals surface area contributed by atoms with Crippen LogP contribution >= 0.6 is 0 Å². The Kier molecular flexibility index (Phi) is 4.56. The summed E-state index contributed by atoms with van der Waals surface area (Å²) in [6, 6.07) is 14.8. The van der Waals surface area contributed by atoms with Crippen molar-refractivity contribution in [2.45, 2.75) is 26.3 Å². The van der Waals surface area contributed by atoms with Gasteiger partial charge in [-0.05, 0) is 50.1 Å². The maximum Gasteiger partial charge on any atom is 0.258 e. The van der Waals surface area contributed by atoms with Crippen LogP contribution in [-0.4, -0.2) is 33.2 Å². The van der Waals surface area contributed by atoms with Crippen LogP contribution in [0.4, 0.5) is 11.4 Å². The molecule has 5 nitrogen and oxygen atoms in total. The number of benzene rings is 2. The number of hydrogen-bond acceptors (Lipinski definition) is 3. The van der Waals surface area contributed by atoms with E-state index in [0.29, 0.717) is 11.3 Å². The molecule has 1 aliphatic heterocycles. The molecule has 0 bridgehead atoms. The maximum atomic E-state index is 13.1. The Morgan fingerprint density at radius 3 is 2.64 bits per heavy atom. The number of anilines is 2. The Bertz CT molecular complexity index is 908. The van der Waals surface area contributed by atoms with E-state index in [4.69, 9.17) is 0 Å². The van der Waals surface area contributed by atoms with Gasteiger partial charge in [-0.3, -0.25) is 9.10 Å². The molecule has 1 heterocycles. The molecular weight excluding hydrogens is 336 g/mol. The lowest BCUT2D eigenvalue weighted by molar-refractivity contribution is 0.0981. The van der Waals surface area contributed by atoms with Gasteiger partial charge in [0.2, 0.25) is 10.0 Å². The van der Waals surface area contributed by atoms with Gasteiger partial charge in [-0.15, -0.1) is 0 Å². The lowest BCUT2D eigenvalue weighted by atomic mass is 10.1. The highest BCUT2D eigenvalue weighted by Gasteiger charge is 2.31. The van der Waals surface area contributed by atoms with E-state index < -0.39 is 10.0 Å². The number of fused-ring (bicyclic) bond motifs is 1. The van der Waals surface area contributed by atoms with Crippen molar-refractivity contribution in [3.05, 3.63) is 59.7 Å². The van der Waals surface area contributed by atoms with E-state index in [2.05, 4.69) is 0 Å². The third kappa shape index (κ3) is 3.14. The SMILES string of the molecule is CCS(=O)(=O)N(C)c1cccc(C(=O)N2c3ccccc3CC2C)c1. The summed E-state index contributed by atoms with van der Waals surface area (Å²) in [6.45, 7) is 3.62. The second-order valence-corrected chi connectivity index (χ2v) is 8.56. The van der Waals surface area contributed by atoms with Crippen molar-refractivity contribution in [1.82, 2.24) is 0 Å². The van der Waals surface area contributed by atoms with Gasteiger partial charge < -0.3 is 4.90 Å². The van der Waals surface area contributed by atoms with Gasteiger partial charge in [-0.2, -0.15) is 0 Å². The average Bonchev–Trinajstić information content (AvgIpc) is 2.96. The van der Waals surface area contributed by atoms with Crippen molar-refractivity contribution >= 4 is 27.3 Å². The normalized spacial score (nSPS) is 16.6. The van der Waals surface area contributed by atoms with Crippen molar-refractivity contribution in [2.75, 3.05) is 22.0 Å². The van der Waals surface area contributed by atoms with Crippen LogP contribution in [0.3, 0.4) is 0 Å². The van der Waals surface area contributed by atoms with E-state index >= 15 is 0 Å². The first kappa shape index (κ1) is 17.5. The van der Waals surface area contributed by atoms with E-state index in [1.54, 1.807) is 36.1 Å². The largest absolute Gasteiger partial charge is 0.305 e. The molecule has 0 aromatic heterocycles. The zero-order chi connectivity index (χ0) is 18.2. The molecule has 1 unspecified atom stereocenters. The Morgan fingerprint density at radius 2 is 1.92 bits per heavy atom. The Hall–Kier alpha value is -2.34. The van der Waals surface area contributed by atoms with Crippen LogP contribution in [0.2, 0.25) is 0 Å². The molecule has 0 N–H and O–H groups in total. The Labute approximate surface area is 148 Å². The fourth-order valence-corrected chi connectivity index (χ4v) is 4.03. The fourth-order valence-electron chi connectivity index (χ4n) is 3.20. The average molecular weight is 358 g/mol. The van der Waals surface area contributed by atoms with Gasteiger partial charge in [0.15, 0.2) is 0 Å². The van der Waals surface area contributed by atoms with Gasteiger partial charge in [0.1, 0.15) is 0 Å². The van der Waals surface area contributed by atoms with E-state index in [9.17, 15) is 13.2 Å². The third-order valence-corrected chi connectivity index (χ3v) is 6.44. The number of amides is 1. The molecule has 0 saturated carbocycles. The van der Waals surface area contributed by atoms with Crippen LogP contribution in [0.25, 0.3) is 0 Å². The van der Waals surface area contributed by atoms with Crippen molar-refractivity contribution in [3.63, 3.8) is 0 Å². The molecule has 1 atom stereocenters. The number of carbonyl (C=O) groups is 1. The van der Waals surface area contributed by atoms with Gasteiger partial charge >= 0.3 is 0 Å². The lowest BCUT2D eigenvalue weighted by Crippen LogP contribution is -2.36. The predicted octanol–water partition coefficient (Wildman–Crippen LogP) is 3.06. The quantitative estimate of drug-likeness (QED) is 0.844. The number of para-hydroxylation sites is 1. The van der Waals surface area contributed by atoms with Crippen LogP contribution in [0, 0.1) is 0 Å².